The quantitative estimate of drug-likeness (QED) is 0.281. The van der Waals surface area contributed by atoms with Crippen molar-refractivity contribution in [2.45, 2.75) is 83.1 Å². The molecule has 38 heavy (non-hydrogen) atoms. The van der Waals surface area contributed by atoms with E-state index in [1.165, 1.54) is 14.5 Å². The molecule has 0 fully saturated rings. The summed E-state index contributed by atoms with van der Waals surface area (Å²) in [5, 5.41) is 22.1. The number of aliphatic hydroxyl groups is 2. The maximum absolute atomic E-state index is 13.2. The van der Waals surface area contributed by atoms with Gasteiger partial charge in [-0.3, -0.25) is 0 Å². The average molecular weight is 744 g/mol. The second-order valence-electron chi connectivity index (χ2n) is 14.4. The topological polar surface area (TPSA) is 57.5 Å². The first-order valence-corrected chi connectivity index (χ1v) is 17.8. The summed E-state index contributed by atoms with van der Waals surface area (Å²) >= 11 is -0.996. The molecule has 0 saturated carbocycles. The number of Topliss-reactive ketones (excluding diaryl/α,β-unsaturated/α-hetero) is 1. The predicted octanol–water partition coefficient (Wildman–Crippen LogP) is 8.20. The maximum atomic E-state index is 13.2. The van der Waals surface area contributed by atoms with Gasteiger partial charge in [-0.1, -0.05) is 0 Å². The molecular formula is C33H44O3Te2. The van der Waals surface area contributed by atoms with Gasteiger partial charge in [0, 0.05) is 0 Å². The minimum absolute atomic E-state index is 0.0381. The molecule has 2 N–H and O–H groups in total. The fraction of sp³-hybridized carbons (Fsp3) is 0.485. The summed E-state index contributed by atoms with van der Waals surface area (Å²) < 4.78 is 5.67. The zero-order valence-corrected chi connectivity index (χ0v) is 29.7. The molecule has 0 bridgehead atoms. The van der Waals surface area contributed by atoms with Crippen LogP contribution < -0.4 is 0 Å². The number of rotatable bonds is 2. The summed E-state index contributed by atoms with van der Waals surface area (Å²) in [6.45, 7) is 26.8. The predicted molar refractivity (Wildman–Crippen MR) is 162 cm³/mol. The van der Waals surface area contributed by atoms with E-state index < -0.39 is 47.6 Å². The van der Waals surface area contributed by atoms with Crippen LogP contribution in [0.15, 0.2) is 84.8 Å². The molecule has 0 amide bonds. The van der Waals surface area contributed by atoms with Gasteiger partial charge in [0.2, 0.25) is 0 Å². The minimum atomic E-state index is -0.523. The first-order valence-electron chi connectivity index (χ1n) is 13.2. The van der Waals surface area contributed by atoms with Crippen molar-refractivity contribution in [3.63, 3.8) is 0 Å². The summed E-state index contributed by atoms with van der Waals surface area (Å²) in [6.07, 6.45) is 12.3. The van der Waals surface area contributed by atoms with Crippen molar-refractivity contribution < 1.29 is 15.0 Å². The Labute approximate surface area is 250 Å². The van der Waals surface area contributed by atoms with Crippen molar-refractivity contribution in [1.82, 2.24) is 0 Å². The third kappa shape index (κ3) is 7.09. The van der Waals surface area contributed by atoms with E-state index in [1.54, 1.807) is 12.2 Å². The van der Waals surface area contributed by atoms with E-state index in [0.29, 0.717) is 0 Å². The monoisotopic (exact) mass is 748 g/mol. The molecule has 3 rings (SSSR count). The van der Waals surface area contributed by atoms with Gasteiger partial charge in [0.1, 0.15) is 0 Å². The first kappa shape index (κ1) is 31.3. The standard InChI is InChI=1S/C33H44O3Te2/c1-30(2,3)23-15-19(16-24(37-23)31(4,5)6)13-21-27(34)22(29(36)28(21)35)14-20-17-25(32(7,8)9)38-26(18-20)33(10,11)12/h13-18,34H,1-12H3,(H,35,36). The molecular weight excluding hydrogens is 700 g/mol. The van der Waals surface area contributed by atoms with Crippen molar-refractivity contribution in [3.8, 4) is 0 Å². The molecule has 0 saturated heterocycles. The van der Waals surface area contributed by atoms with Crippen LogP contribution in [0.3, 0.4) is 0 Å². The van der Waals surface area contributed by atoms with Gasteiger partial charge in [0.15, 0.2) is 0 Å². The Morgan fingerprint density at radius 1 is 0.526 bits per heavy atom. The molecule has 0 aromatic rings. The Kier molecular flexibility index (Phi) is 8.76. The fourth-order valence-corrected chi connectivity index (χ4v) is 11.0. The molecule has 2 heterocycles. The molecule has 206 valence electrons. The SMILES string of the molecule is CC(C)(C)C1=CC(=CC2=C(O)C(C=C3C=C(C(C)(C)C)[Te]C(C(C)(C)C)=C3)=C(O)C2=O)C=C(C(C)(C)C)[Te]1. The molecule has 5 heteroatoms. The molecule has 0 spiro atoms. The molecule has 0 unspecified atom stereocenters. The fourth-order valence-electron chi connectivity index (χ4n) is 3.91. The van der Waals surface area contributed by atoms with Crippen LogP contribution in [0.2, 0.25) is 0 Å². The second-order valence-corrected chi connectivity index (χ2v) is 20.6. The van der Waals surface area contributed by atoms with E-state index in [9.17, 15) is 15.0 Å². The van der Waals surface area contributed by atoms with Crippen LogP contribution in [0.5, 0.6) is 0 Å². The van der Waals surface area contributed by atoms with Crippen LogP contribution in [-0.2, 0) is 4.79 Å². The Balaban J connectivity index is 2.14. The summed E-state index contributed by atoms with van der Waals surface area (Å²) in [5.74, 6) is -1.06. The van der Waals surface area contributed by atoms with Crippen LogP contribution in [0.25, 0.3) is 0 Å². The zero-order chi connectivity index (χ0) is 29.0. The number of carbonyl (C=O) groups excluding carboxylic acids is 1. The van der Waals surface area contributed by atoms with Gasteiger partial charge in [0.05, 0.1) is 0 Å². The number of allylic oxidation sites excluding steroid dienone is 13. The van der Waals surface area contributed by atoms with Gasteiger partial charge >= 0.3 is 252 Å². The number of hydrogen-bond acceptors (Lipinski definition) is 3. The number of carbonyl (C=O) groups is 1. The van der Waals surface area contributed by atoms with Crippen molar-refractivity contribution in [2.24, 2.45) is 21.7 Å². The summed E-state index contributed by atoms with van der Waals surface area (Å²) in [5.41, 5.74) is 2.34. The Morgan fingerprint density at radius 3 is 1.11 bits per heavy atom. The number of aliphatic hydroxyl groups excluding tert-OH is 2. The zero-order valence-electron chi connectivity index (χ0n) is 25.1. The molecule has 3 aliphatic rings. The Bertz CT molecular complexity index is 1230. The van der Waals surface area contributed by atoms with E-state index >= 15 is 0 Å². The van der Waals surface area contributed by atoms with Crippen LogP contribution in [0.1, 0.15) is 83.1 Å². The van der Waals surface area contributed by atoms with Gasteiger partial charge < -0.3 is 0 Å². The van der Waals surface area contributed by atoms with Gasteiger partial charge in [-0.15, -0.1) is 0 Å². The first-order chi connectivity index (χ1) is 17.1. The molecule has 0 aromatic heterocycles. The molecule has 0 radical (unpaired) electrons. The summed E-state index contributed by atoms with van der Waals surface area (Å²) in [6, 6.07) is 0. The third-order valence-corrected chi connectivity index (χ3v) is 17.3. The normalized spacial score (nSPS) is 19.9. The van der Waals surface area contributed by atoms with Gasteiger partial charge in [-0.05, 0) is 0 Å². The van der Waals surface area contributed by atoms with Crippen LogP contribution in [0, 0.1) is 21.7 Å². The average Bonchev–Trinajstić information content (AvgIpc) is 2.94. The van der Waals surface area contributed by atoms with E-state index in [-0.39, 0.29) is 44.3 Å². The number of ketones is 1. The van der Waals surface area contributed by atoms with Crippen LogP contribution >= 0.6 is 0 Å². The molecule has 0 atom stereocenters. The summed E-state index contributed by atoms with van der Waals surface area (Å²) in [7, 11) is 0. The third-order valence-electron chi connectivity index (χ3n) is 6.43. The van der Waals surface area contributed by atoms with Crippen molar-refractivity contribution >= 4 is 47.6 Å². The van der Waals surface area contributed by atoms with Gasteiger partial charge in [-0.2, -0.15) is 0 Å². The Morgan fingerprint density at radius 2 is 0.816 bits per heavy atom. The van der Waals surface area contributed by atoms with Crippen molar-refractivity contribution in [3.05, 3.63) is 84.8 Å². The molecule has 0 aromatic carbocycles. The molecule has 3 nitrogen and oxygen atoms in total. The Hall–Kier alpha value is -1.23. The number of hydrogen-bond donors (Lipinski definition) is 2. The van der Waals surface area contributed by atoms with Crippen LogP contribution in [0.4, 0.5) is 0 Å². The van der Waals surface area contributed by atoms with Crippen molar-refractivity contribution in [2.75, 3.05) is 0 Å². The van der Waals surface area contributed by atoms with Crippen LogP contribution in [-0.4, -0.2) is 57.8 Å². The van der Waals surface area contributed by atoms with E-state index in [0.717, 1.165) is 11.1 Å². The summed E-state index contributed by atoms with van der Waals surface area (Å²) in [4.78, 5) is 13.2. The molecule has 2 aliphatic heterocycles. The van der Waals surface area contributed by atoms with Gasteiger partial charge in [0.25, 0.3) is 0 Å². The second kappa shape index (κ2) is 10.6. The van der Waals surface area contributed by atoms with E-state index in [2.05, 4.69) is 107 Å². The van der Waals surface area contributed by atoms with E-state index in [4.69, 9.17) is 0 Å². The molecule has 1 aliphatic carbocycles. The van der Waals surface area contributed by atoms with Crippen molar-refractivity contribution in [1.29, 1.82) is 0 Å². The van der Waals surface area contributed by atoms with Gasteiger partial charge in [-0.25, -0.2) is 0 Å². The van der Waals surface area contributed by atoms with E-state index in [1.807, 2.05) is 0 Å².